The van der Waals surface area contributed by atoms with Crippen molar-refractivity contribution in [3.63, 3.8) is 0 Å². The molecule has 138 valence electrons. The molecule has 1 fully saturated rings. The van der Waals surface area contributed by atoms with Crippen LogP contribution in [0.3, 0.4) is 0 Å². The zero-order chi connectivity index (χ0) is 18.5. The van der Waals surface area contributed by atoms with E-state index < -0.39 is 0 Å². The number of carbonyl (C=O) groups is 1. The minimum Gasteiger partial charge on any atom is -0.493 e. The monoisotopic (exact) mass is 374 g/mol. The molecular weight excluding hydrogens is 352 g/mol. The lowest BCUT2D eigenvalue weighted by atomic mass is 10.1. The van der Waals surface area contributed by atoms with Gasteiger partial charge in [-0.1, -0.05) is 6.07 Å². The van der Waals surface area contributed by atoms with Gasteiger partial charge in [0.05, 0.1) is 27.1 Å². The highest BCUT2D eigenvalue weighted by atomic mass is 32.2. The van der Waals surface area contributed by atoms with Gasteiger partial charge in [-0.15, -0.1) is 11.8 Å². The summed E-state index contributed by atoms with van der Waals surface area (Å²) in [5.41, 5.74) is 1.87. The molecule has 1 saturated heterocycles. The number of pyridine rings is 1. The van der Waals surface area contributed by atoms with E-state index in [-0.39, 0.29) is 11.3 Å². The predicted octanol–water partition coefficient (Wildman–Crippen LogP) is 2.92. The molecule has 6 nitrogen and oxygen atoms in total. The van der Waals surface area contributed by atoms with Crippen molar-refractivity contribution in [2.75, 3.05) is 33.6 Å². The number of thioether (sulfide) groups is 1. The van der Waals surface area contributed by atoms with Crippen LogP contribution in [0.25, 0.3) is 0 Å². The van der Waals surface area contributed by atoms with E-state index in [1.54, 1.807) is 39.3 Å². The fourth-order valence-corrected chi connectivity index (χ4v) is 4.29. The highest BCUT2D eigenvalue weighted by molar-refractivity contribution is 8.00. The Hall–Kier alpha value is -2.41. The van der Waals surface area contributed by atoms with Crippen molar-refractivity contribution in [2.24, 2.45) is 0 Å². The average Bonchev–Trinajstić information content (AvgIpc) is 3.06. The number of rotatable bonds is 7. The van der Waals surface area contributed by atoms with E-state index in [1.807, 2.05) is 35.2 Å². The number of hydrogen-bond donors (Lipinski definition) is 0. The lowest BCUT2D eigenvalue weighted by Gasteiger charge is -2.26. The van der Waals surface area contributed by atoms with Gasteiger partial charge in [-0.05, 0) is 24.3 Å². The lowest BCUT2D eigenvalue weighted by molar-refractivity contribution is -0.128. The summed E-state index contributed by atoms with van der Waals surface area (Å²) in [5, 5.41) is -0.124. The summed E-state index contributed by atoms with van der Waals surface area (Å²) in [4.78, 5) is 18.7. The van der Waals surface area contributed by atoms with Gasteiger partial charge >= 0.3 is 0 Å². The van der Waals surface area contributed by atoms with Crippen LogP contribution in [0.4, 0.5) is 0 Å². The van der Waals surface area contributed by atoms with Gasteiger partial charge in [-0.25, -0.2) is 0 Å². The Morgan fingerprint density at radius 2 is 1.92 bits per heavy atom. The third-order valence-electron chi connectivity index (χ3n) is 4.30. The first-order valence-electron chi connectivity index (χ1n) is 8.29. The van der Waals surface area contributed by atoms with Crippen LogP contribution in [0.1, 0.15) is 16.6 Å². The minimum absolute atomic E-state index is 0.118. The summed E-state index contributed by atoms with van der Waals surface area (Å²) in [6.07, 6.45) is 2.48. The summed E-state index contributed by atoms with van der Waals surface area (Å²) in [5.74, 6) is 2.30. The van der Waals surface area contributed by atoms with E-state index in [0.29, 0.717) is 36.0 Å². The van der Waals surface area contributed by atoms with E-state index in [1.165, 1.54) is 0 Å². The Labute approximate surface area is 157 Å². The van der Waals surface area contributed by atoms with Crippen LogP contribution in [0.2, 0.25) is 0 Å². The lowest BCUT2D eigenvalue weighted by Crippen LogP contribution is -2.30. The SMILES string of the molecule is COc1ccc(C2SCC(=O)N2CCc2ccccn2)c(OC)c1OC. The van der Waals surface area contributed by atoms with Gasteiger partial charge in [-0.2, -0.15) is 0 Å². The summed E-state index contributed by atoms with van der Waals surface area (Å²) >= 11 is 1.59. The van der Waals surface area contributed by atoms with E-state index in [4.69, 9.17) is 14.2 Å². The fourth-order valence-electron chi connectivity index (χ4n) is 3.05. The maximum atomic E-state index is 12.4. The van der Waals surface area contributed by atoms with Gasteiger partial charge in [0.2, 0.25) is 11.7 Å². The molecule has 1 aromatic carbocycles. The number of carbonyl (C=O) groups excluding carboxylic acids is 1. The molecule has 0 aliphatic carbocycles. The molecule has 2 aromatic rings. The van der Waals surface area contributed by atoms with Gasteiger partial charge in [0.25, 0.3) is 0 Å². The molecule has 3 rings (SSSR count). The second kappa shape index (κ2) is 8.31. The van der Waals surface area contributed by atoms with Crippen molar-refractivity contribution in [2.45, 2.75) is 11.8 Å². The first kappa shape index (κ1) is 18.4. The Kier molecular flexibility index (Phi) is 5.88. The number of ether oxygens (including phenoxy) is 3. The molecule has 7 heteroatoms. The van der Waals surface area contributed by atoms with Crippen LogP contribution in [-0.4, -0.2) is 49.4 Å². The first-order chi connectivity index (χ1) is 12.7. The molecule has 1 aromatic heterocycles. The molecule has 2 heterocycles. The molecule has 1 aliphatic heterocycles. The van der Waals surface area contributed by atoms with Crippen molar-refractivity contribution in [1.82, 2.24) is 9.88 Å². The maximum Gasteiger partial charge on any atom is 0.233 e. The third-order valence-corrected chi connectivity index (χ3v) is 5.54. The van der Waals surface area contributed by atoms with E-state index in [9.17, 15) is 4.79 Å². The smallest absolute Gasteiger partial charge is 0.233 e. The number of nitrogens with zero attached hydrogens (tertiary/aromatic N) is 2. The second-order valence-electron chi connectivity index (χ2n) is 5.75. The molecule has 0 bridgehead atoms. The quantitative estimate of drug-likeness (QED) is 0.743. The van der Waals surface area contributed by atoms with Crippen molar-refractivity contribution >= 4 is 17.7 Å². The molecule has 1 unspecified atom stereocenters. The normalized spacial score (nSPS) is 16.7. The molecular formula is C19H22N2O4S. The fraction of sp³-hybridized carbons (Fsp3) is 0.368. The Morgan fingerprint density at radius 3 is 2.58 bits per heavy atom. The van der Waals surface area contributed by atoms with Crippen molar-refractivity contribution < 1.29 is 19.0 Å². The van der Waals surface area contributed by atoms with Crippen LogP contribution in [0.15, 0.2) is 36.5 Å². The third kappa shape index (κ3) is 3.58. The predicted molar refractivity (Wildman–Crippen MR) is 101 cm³/mol. The summed E-state index contributed by atoms with van der Waals surface area (Å²) in [7, 11) is 4.76. The maximum absolute atomic E-state index is 12.4. The summed E-state index contributed by atoms with van der Waals surface area (Å²) in [6.45, 7) is 0.602. The summed E-state index contributed by atoms with van der Waals surface area (Å²) in [6, 6.07) is 9.59. The molecule has 0 saturated carbocycles. The Balaban J connectivity index is 1.88. The standard InChI is InChI=1S/C19H22N2O4S/c1-23-15-8-7-14(17(24-2)18(15)25-3)19-21(16(22)12-26-19)11-9-13-6-4-5-10-20-13/h4-8,10,19H,9,11-12H2,1-3H3. The number of benzene rings is 1. The van der Waals surface area contributed by atoms with Gasteiger partial charge in [0.15, 0.2) is 11.5 Å². The van der Waals surface area contributed by atoms with Gasteiger partial charge in [0, 0.05) is 30.4 Å². The first-order valence-corrected chi connectivity index (χ1v) is 9.34. The zero-order valence-electron chi connectivity index (χ0n) is 15.1. The van der Waals surface area contributed by atoms with E-state index in [2.05, 4.69) is 4.98 Å². The molecule has 1 atom stereocenters. The number of hydrogen-bond acceptors (Lipinski definition) is 6. The molecule has 0 spiro atoms. The largest absolute Gasteiger partial charge is 0.493 e. The van der Waals surface area contributed by atoms with Crippen molar-refractivity contribution in [1.29, 1.82) is 0 Å². The van der Waals surface area contributed by atoms with Gasteiger partial charge in [0.1, 0.15) is 5.37 Å². The van der Waals surface area contributed by atoms with Crippen LogP contribution in [-0.2, 0) is 11.2 Å². The number of amides is 1. The van der Waals surface area contributed by atoms with Crippen molar-refractivity contribution in [3.05, 3.63) is 47.8 Å². The average molecular weight is 374 g/mol. The van der Waals surface area contributed by atoms with Crippen LogP contribution >= 0.6 is 11.8 Å². The molecule has 1 aliphatic rings. The molecule has 0 radical (unpaired) electrons. The topological polar surface area (TPSA) is 60.9 Å². The van der Waals surface area contributed by atoms with Crippen molar-refractivity contribution in [3.8, 4) is 17.2 Å². The van der Waals surface area contributed by atoms with Crippen LogP contribution < -0.4 is 14.2 Å². The van der Waals surface area contributed by atoms with E-state index >= 15 is 0 Å². The van der Waals surface area contributed by atoms with Crippen LogP contribution in [0.5, 0.6) is 17.2 Å². The van der Waals surface area contributed by atoms with E-state index in [0.717, 1.165) is 11.3 Å². The highest BCUT2D eigenvalue weighted by Crippen LogP contribution is 2.48. The minimum atomic E-state index is -0.124. The van der Waals surface area contributed by atoms with Gasteiger partial charge in [-0.3, -0.25) is 9.78 Å². The Morgan fingerprint density at radius 1 is 1.12 bits per heavy atom. The second-order valence-corrected chi connectivity index (χ2v) is 6.81. The highest BCUT2D eigenvalue weighted by Gasteiger charge is 2.35. The molecule has 26 heavy (non-hydrogen) atoms. The van der Waals surface area contributed by atoms with Gasteiger partial charge < -0.3 is 19.1 Å². The molecule has 1 amide bonds. The zero-order valence-corrected chi connectivity index (χ0v) is 15.9. The summed E-state index contributed by atoms with van der Waals surface area (Å²) < 4.78 is 16.4. The number of aromatic nitrogens is 1. The Bertz CT molecular complexity index is 770. The number of methoxy groups -OCH3 is 3. The van der Waals surface area contributed by atoms with Crippen LogP contribution in [0, 0.1) is 0 Å². The molecule has 0 N–H and O–H groups in total.